The number of urea groups is 1. The summed E-state index contributed by atoms with van der Waals surface area (Å²) in [6, 6.07) is 16.3. The number of pyridine rings is 1. The van der Waals surface area contributed by atoms with Gasteiger partial charge in [0.15, 0.2) is 11.5 Å². The van der Waals surface area contributed by atoms with Crippen LogP contribution in [0.25, 0.3) is 10.9 Å². The summed E-state index contributed by atoms with van der Waals surface area (Å²) in [6.45, 7) is 0. The Morgan fingerprint density at radius 3 is 2.40 bits per heavy atom. The summed E-state index contributed by atoms with van der Waals surface area (Å²) in [5.41, 5.74) is 8.78. The minimum Gasteiger partial charge on any atom is -0.493 e. The number of primary amides is 1. The number of fused-ring (bicyclic) bond motifs is 2. The molecule has 2 heterocycles. The molecule has 1 atom stereocenters. The molecule has 0 saturated carbocycles. The number of amides is 2. The lowest BCUT2D eigenvalue weighted by Gasteiger charge is -2.36. The molecular weight excluding hydrogens is 541 g/mol. The third-order valence-electron chi connectivity index (χ3n) is 6.21. The Morgan fingerprint density at radius 2 is 1.75 bits per heavy atom. The van der Waals surface area contributed by atoms with Gasteiger partial charge >= 0.3 is 6.03 Å². The summed E-state index contributed by atoms with van der Waals surface area (Å²) >= 11 is 0. The van der Waals surface area contributed by atoms with Crippen LogP contribution in [-0.4, -0.2) is 44.5 Å². The molecule has 1 aliphatic heterocycles. The minimum atomic E-state index is -3.67. The van der Waals surface area contributed by atoms with Gasteiger partial charge in [-0.25, -0.2) is 9.18 Å². The van der Waals surface area contributed by atoms with E-state index in [-0.39, 0.29) is 11.9 Å². The number of hydrogen-bond donors (Lipinski definition) is 2. The van der Waals surface area contributed by atoms with Crippen LogP contribution in [0.5, 0.6) is 23.0 Å². The molecule has 2 amide bonds. The molecule has 4 aromatic rings. The van der Waals surface area contributed by atoms with Gasteiger partial charge in [0.05, 0.1) is 32.0 Å². The standard InChI is InChI=1S/C27H24FN3O4.CH4O3S/c1-33-25-14-20-21(15-26(25)34-2)30-11-10-24(20)35-19-7-9-23-17(13-19)6-8-22(31(23)27(29)32)16-4-3-5-18(28)12-16;1-5(2,3)4/h3-5,7,9-15,22H,6,8H2,1-2H3,(H2,29,32);1H3,(H,2,3,4). The van der Waals surface area contributed by atoms with Crippen molar-refractivity contribution in [3.8, 4) is 23.0 Å². The molecule has 0 radical (unpaired) electrons. The zero-order valence-electron chi connectivity index (χ0n) is 22.0. The number of carbonyl (C=O) groups excluding carboxylic acids is 1. The van der Waals surface area contributed by atoms with Crippen molar-refractivity contribution < 1.29 is 36.4 Å². The van der Waals surface area contributed by atoms with Crippen LogP contribution in [-0.2, 0) is 16.5 Å². The van der Waals surface area contributed by atoms with E-state index in [1.807, 2.05) is 24.3 Å². The van der Waals surface area contributed by atoms with Gasteiger partial charge in [-0.3, -0.25) is 14.4 Å². The number of nitrogens with zero attached hydrogens (tertiary/aromatic N) is 2. The molecule has 0 fully saturated rings. The molecule has 40 heavy (non-hydrogen) atoms. The summed E-state index contributed by atoms with van der Waals surface area (Å²) in [5, 5.41) is 0.771. The molecule has 0 aliphatic carbocycles. The van der Waals surface area contributed by atoms with Crippen LogP contribution >= 0.6 is 0 Å². The number of carbonyl (C=O) groups is 1. The lowest BCUT2D eigenvalue weighted by molar-refractivity contribution is 0.250. The minimum absolute atomic E-state index is 0.339. The van der Waals surface area contributed by atoms with Gasteiger partial charge in [-0.15, -0.1) is 0 Å². The number of nitrogens with two attached hydrogens (primary N) is 1. The molecule has 10 nitrogen and oxygen atoms in total. The summed E-state index contributed by atoms with van der Waals surface area (Å²) in [7, 11) is -0.517. The van der Waals surface area contributed by atoms with Crippen molar-refractivity contribution in [1.29, 1.82) is 0 Å². The Balaban J connectivity index is 0.000000681. The lowest BCUT2D eigenvalue weighted by Crippen LogP contribution is -2.41. The number of rotatable bonds is 5. The van der Waals surface area contributed by atoms with Crippen LogP contribution in [0, 0.1) is 5.82 Å². The van der Waals surface area contributed by atoms with E-state index < -0.39 is 16.1 Å². The van der Waals surface area contributed by atoms with Crippen LogP contribution in [0.4, 0.5) is 14.9 Å². The Hall–Kier alpha value is -4.42. The molecule has 0 spiro atoms. The third-order valence-corrected chi connectivity index (χ3v) is 6.21. The van der Waals surface area contributed by atoms with Crippen molar-refractivity contribution in [1.82, 2.24) is 4.98 Å². The van der Waals surface area contributed by atoms with Crippen molar-refractivity contribution in [2.75, 3.05) is 25.4 Å². The highest BCUT2D eigenvalue weighted by molar-refractivity contribution is 7.85. The van der Waals surface area contributed by atoms with E-state index in [4.69, 9.17) is 24.5 Å². The number of methoxy groups -OCH3 is 2. The zero-order chi connectivity index (χ0) is 29.0. The maximum atomic E-state index is 13.8. The van der Waals surface area contributed by atoms with Gasteiger partial charge in [-0.1, -0.05) is 12.1 Å². The molecule has 12 heteroatoms. The van der Waals surface area contributed by atoms with Gasteiger partial charge in [0.2, 0.25) is 0 Å². The number of hydrogen-bond acceptors (Lipinski definition) is 7. The van der Waals surface area contributed by atoms with E-state index in [0.717, 1.165) is 10.9 Å². The average molecular weight is 570 g/mol. The Bertz CT molecular complexity index is 1660. The van der Waals surface area contributed by atoms with Crippen molar-refractivity contribution in [2.45, 2.75) is 18.9 Å². The van der Waals surface area contributed by atoms with Crippen molar-refractivity contribution in [2.24, 2.45) is 5.73 Å². The summed E-state index contributed by atoms with van der Waals surface area (Å²) < 4.78 is 56.7. The first-order valence-electron chi connectivity index (χ1n) is 12.1. The Morgan fingerprint density at radius 1 is 1.05 bits per heavy atom. The second kappa shape index (κ2) is 11.8. The number of ether oxygens (including phenoxy) is 3. The molecule has 1 aliphatic rings. The number of halogens is 1. The SMILES string of the molecule is COc1cc2nccc(Oc3ccc4c(c3)CCC(c3cccc(F)c3)N4C(N)=O)c2cc1OC.CS(=O)(=O)O. The largest absolute Gasteiger partial charge is 0.493 e. The fraction of sp³-hybridized carbons (Fsp3) is 0.214. The molecule has 1 aromatic heterocycles. The van der Waals surface area contributed by atoms with Crippen LogP contribution in [0.2, 0.25) is 0 Å². The lowest BCUT2D eigenvalue weighted by atomic mass is 9.91. The molecule has 5 rings (SSSR count). The van der Waals surface area contributed by atoms with E-state index in [1.54, 1.807) is 44.7 Å². The predicted molar refractivity (Wildman–Crippen MR) is 148 cm³/mol. The van der Waals surface area contributed by atoms with Gasteiger partial charge < -0.3 is 19.9 Å². The second-order valence-electron chi connectivity index (χ2n) is 8.98. The Kier molecular flexibility index (Phi) is 8.40. The van der Waals surface area contributed by atoms with E-state index >= 15 is 0 Å². The Labute approximate surface area is 230 Å². The summed E-state index contributed by atoms with van der Waals surface area (Å²) in [4.78, 5) is 18.3. The van der Waals surface area contributed by atoms with E-state index in [1.165, 1.54) is 17.0 Å². The van der Waals surface area contributed by atoms with Gasteiger partial charge in [0, 0.05) is 23.3 Å². The fourth-order valence-electron chi connectivity index (χ4n) is 4.62. The predicted octanol–water partition coefficient (Wildman–Crippen LogP) is 5.26. The van der Waals surface area contributed by atoms with E-state index in [0.29, 0.717) is 58.9 Å². The third kappa shape index (κ3) is 6.58. The quantitative estimate of drug-likeness (QED) is 0.310. The monoisotopic (exact) mass is 569 g/mol. The zero-order valence-corrected chi connectivity index (χ0v) is 22.8. The first kappa shape index (κ1) is 28.6. The maximum Gasteiger partial charge on any atom is 0.319 e. The maximum absolute atomic E-state index is 13.8. The van der Waals surface area contributed by atoms with E-state index in [2.05, 4.69) is 4.98 Å². The first-order valence-corrected chi connectivity index (χ1v) is 13.9. The van der Waals surface area contributed by atoms with Crippen molar-refractivity contribution in [3.63, 3.8) is 0 Å². The van der Waals surface area contributed by atoms with Crippen LogP contribution in [0.15, 0.2) is 66.9 Å². The highest BCUT2D eigenvalue weighted by Crippen LogP contribution is 2.42. The number of anilines is 1. The fourth-order valence-corrected chi connectivity index (χ4v) is 4.62. The molecule has 3 N–H and O–H groups in total. The van der Waals surface area contributed by atoms with Gasteiger partial charge in [-0.05, 0) is 66.4 Å². The van der Waals surface area contributed by atoms with Crippen molar-refractivity contribution in [3.05, 3.63) is 83.8 Å². The highest BCUT2D eigenvalue weighted by atomic mass is 32.2. The topological polar surface area (TPSA) is 141 Å². The van der Waals surface area contributed by atoms with Crippen molar-refractivity contribution >= 4 is 32.7 Å². The number of aryl methyl sites for hydroxylation is 1. The van der Waals surface area contributed by atoms with Crippen LogP contribution in [0.1, 0.15) is 23.6 Å². The number of benzene rings is 3. The smallest absolute Gasteiger partial charge is 0.319 e. The van der Waals surface area contributed by atoms with Gasteiger partial charge in [-0.2, -0.15) is 8.42 Å². The first-order chi connectivity index (χ1) is 19.0. The molecule has 3 aromatic carbocycles. The molecule has 0 saturated heterocycles. The molecule has 1 unspecified atom stereocenters. The highest BCUT2D eigenvalue weighted by Gasteiger charge is 2.31. The average Bonchev–Trinajstić information content (AvgIpc) is 2.90. The summed E-state index contributed by atoms with van der Waals surface area (Å²) in [6.07, 6.45) is 3.67. The normalized spacial score (nSPS) is 14.5. The van der Waals surface area contributed by atoms with E-state index in [9.17, 15) is 17.6 Å². The molecule has 0 bridgehead atoms. The molecule has 210 valence electrons. The molecular formula is C28H28FN3O7S. The second-order valence-corrected chi connectivity index (χ2v) is 10.4. The van der Waals surface area contributed by atoms with Crippen LogP contribution < -0.4 is 24.8 Å². The van der Waals surface area contributed by atoms with Gasteiger partial charge in [0.1, 0.15) is 17.3 Å². The number of aromatic nitrogens is 1. The van der Waals surface area contributed by atoms with Crippen LogP contribution in [0.3, 0.4) is 0 Å². The summed E-state index contributed by atoms with van der Waals surface area (Å²) in [5.74, 6) is 2.03. The van der Waals surface area contributed by atoms with Gasteiger partial charge in [0.25, 0.3) is 10.1 Å².